The summed E-state index contributed by atoms with van der Waals surface area (Å²) >= 11 is 0. The fourth-order valence-corrected chi connectivity index (χ4v) is 2.79. The molecule has 2 aromatic rings. The van der Waals surface area contributed by atoms with Crippen LogP contribution in [0.5, 0.6) is 11.5 Å². The summed E-state index contributed by atoms with van der Waals surface area (Å²) in [6.45, 7) is 5.21. The third kappa shape index (κ3) is 9.35. The van der Waals surface area contributed by atoms with Gasteiger partial charge >= 0.3 is 0 Å². The zero-order valence-corrected chi connectivity index (χ0v) is 17.7. The van der Waals surface area contributed by atoms with Crippen molar-refractivity contribution in [2.45, 2.75) is 26.2 Å². The molecule has 7 nitrogen and oxygen atoms in total. The molecule has 2 N–H and O–H groups in total. The maximum atomic E-state index is 9.02. The van der Waals surface area contributed by atoms with Crippen molar-refractivity contribution in [3.63, 3.8) is 0 Å². The van der Waals surface area contributed by atoms with Crippen molar-refractivity contribution < 1.29 is 19.7 Å². The van der Waals surface area contributed by atoms with Gasteiger partial charge < -0.3 is 19.7 Å². The van der Waals surface area contributed by atoms with Crippen LogP contribution in [0.15, 0.2) is 58.8 Å². The summed E-state index contributed by atoms with van der Waals surface area (Å²) in [7, 11) is 0. The second-order valence-electron chi connectivity index (χ2n) is 6.88. The molecule has 0 unspecified atom stereocenters. The van der Waals surface area contributed by atoms with Crippen LogP contribution in [0.1, 0.15) is 26.2 Å². The third-order valence-electron chi connectivity index (χ3n) is 4.48. The highest BCUT2D eigenvalue weighted by molar-refractivity contribution is 5.44. The molecule has 30 heavy (non-hydrogen) atoms. The molecule has 0 spiro atoms. The van der Waals surface area contributed by atoms with Gasteiger partial charge in [-0.3, -0.25) is 4.90 Å². The number of hydrogen-bond donors (Lipinski definition) is 2. The molecular formula is C23H33N3O4. The van der Waals surface area contributed by atoms with Crippen molar-refractivity contribution in [2.24, 2.45) is 10.2 Å². The minimum absolute atomic E-state index is 0.0639. The van der Waals surface area contributed by atoms with Gasteiger partial charge in [0.05, 0.1) is 31.2 Å². The van der Waals surface area contributed by atoms with E-state index in [1.54, 1.807) is 0 Å². The van der Waals surface area contributed by atoms with Crippen LogP contribution in [-0.4, -0.2) is 61.2 Å². The Bertz CT molecular complexity index is 714. The molecule has 0 atom stereocenters. The Labute approximate surface area is 179 Å². The summed E-state index contributed by atoms with van der Waals surface area (Å²) in [4.78, 5) is 1.95. The summed E-state index contributed by atoms with van der Waals surface area (Å²) in [5, 5.41) is 26.6. The lowest BCUT2D eigenvalue weighted by molar-refractivity contribution is 0.141. The summed E-state index contributed by atoms with van der Waals surface area (Å²) in [5.74, 6) is 1.59. The first-order valence-corrected chi connectivity index (χ1v) is 10.6. The average molecular weight is 416 g/mol. The Morgan fingerprint density at radius 3 is 1.67 bits per heavy atom. The fraction of sp³-hybridized carbons (Fsp3) is 0.478. The summed E-state index contributed by atoms with van der Waals surface area (Å²) in [5.41, 5.74) is 1.51. The Balaban J connectivity index is 1.77. The van der Waals surface area contributed by atoms with Gasteiger partial charge in [-0.05, 0) is 55.0 Å². The molecule has 0 saturated carbocycles. The number of ether oxygens (including phenoxy) is 2. The molecule has 0 aromatic heterocycles. The highest BCUT2D eigenvalue weighted by Crippen LogP contribution is 2.23. The second kappa shape index (κ2) is 14.5. The van der Waals surface area contributed by atoms with Crippen LogP contribution in [0.3, 0.4) is 0 Å². The lowest BCUT2D eigenvalue weighted by Gasteiger charge is -2.20. The summed E-state index contributed by atoms with van der Waals surface area (Å²) in [6, 6.07) is 15.0. The van der Waals surface area contributed by atoms with Gasteiger partial charge in [-0.15, -0.1) is 0 Å². The number of nitrogens with zero attached hydrogens (tertiary/aromatic N) is 3. The van der Waals surface area contributed by atoms with Crippen LogP contribution in [-0.2, 0) is 0 Å². The molecule has 7 heteroatoms. The van der Waals surface area contributed by atoms with E-state index in [1.165, 1.54) is 12.8 Å². The minimum Gasteiger partial charge on any atom is -0.494 e. The van der Waals surface area contributed by atoms with Gasteiger partial charge in [0.1, 0.15) is 18.1 Å². The van der Waals surface area contributed by atoms with Gasteiger partial charge in [0.25, 0.3) is 0 Å². The van der Waals surface area contributed by atoms with E-state index in [1.807, 2.05) is 53.4 Å². The van der Waals surface area contributed by atoms with Gasteiger partial charge in [-0.2, -0.15) is 10.2 Å². The van der Waals surface area contributed by atoms with Crippen molar-refractivity contribution in [1.29, 1.82) is 0 Å². The monoisotopic (exact) mass is 415 g/mol. The number of aliphatic hydroxyl groups excluding tert-OH is 2. The third-order valence-corrected chi connectivity index (χ3v) is 4.48. The molecule has 0 fully saturated rings. The van der Waals surface area contributed by atoms with E-state index in [0.29, 0.717) is 26.2 Å². The average Bonchev–Trinajstić information content (AvgIpc) is 2.77. The van der Waals surface area contributed by atoms with Gasteiger partial charge in [-0.1, -0.05) is 19.8 Å². The van der Waals surface area contributed by atoms with Crippen LogP contribution in [0.4, 0.5) is 11.4 Å². The first-order chi connectivity index (χ1) is 14.7. The molecule has 0 aliphatic rings. The molecule has 0 bridgehead atoms. The van der Waals surface area contributed by atoms with E-state index in [0.717, 1.165) is 35.9 Å². The van der Waals surface area contributed by atoms with Crippen LogP contribution in [0.2, 0.25) is 0 Å². The largest absolute Gasteiger partial charge is 0.494 e. The van der Waals surface area contributed by atoms with Crippen LogP contribution in [0, 0.1) is 0 Å². The summed E-state index contributed by atoms with van der Waals surface area (Å²) in [6.07, 6.45) is 3.44. The van der Waals surface area contributed by atoms with Crippen molar-refractivity contribution >= 4 is 11.4 Å². The molecule has 0 radical (unpaired) electrons. The minimum atomic E-state index is 0.0639. The molecule has 2 rings (SSSR count). The molecule has 0 aliphatic carbocycles. The van der Waals surface area contributed by atoms with Crippen molar-refractivity contribution in [2.75, 3.05) is 46.1 Å². The Hall–Kier alpha value is -2.48. The quantitative estimate of drug-likeness (QED) is 0.334. The second-order valence-corrected chi connectivity index (χ2v) is 6.88. The maximum absolute atomic E-state index is 9.02. The Morgan fingerprint density at radius 1 is 0.700 bits per heavy atom. The number of azo groups is 1. The number of benzene rings is 2. The smallest absolute Gasteiger partial charge is 0.119 e. The van der Waals surface area contributed by atoms with E-state index >= 15 is 0 Å². The number of unbranched alkanes of at least 4 members (excludes halogenated alkanes) is 2. The number of rotatable bonds is 15. The van der Waals surface area contributed by atoms with Gasteiger partial charge in [0.2, 0.25) is 0 Å². The van der Waals surface area contributed by atoms with Crippen molar-refractivity contribution in [3.05, 3.63) is 48.5 Å². The van der Waals surface area contributed by atoms with Crippen molar-refractivity contribution in [3.8, 4) is 11.5 Å². The number of aliphatic hydroxyl groups is 2. The van der Waals surface area contributed by atoms with E-state index in [2.05, 4.69) is 17.2 Å². The molecule has 0 aliphatic heterocycles. The zero-order valence-electron chi connectivity index (χ0n) is 17.7. The molecule has 0 heterocycles. The Morgan fingerprint density at radius 2 is 1.20 bits per heavy atom. The fourth-order valence-electron chi connectivity index (χ4n) is 2.79. The van der Waals surface area contributed by atoms with Crippen molar-refractivity contribution in [1.82, 2.24) is 4.90 Å². The lowest BCUT2D eigenvalue weighted by Crippen LogP contribution is -2.33. The van der Waals surface area contributed by atoms with E-state index in [4.69, 9.17) is 19.7 Å². The molecule has 2 aromatic carbocycles. The highest BCUT2D eigenvalue weighted by Gasteiger charge is 2.04. The predicted octanol–water partition coefficient (Wildman–Crippen LogP) is 4.34. The van der Waals surface area contributed by atoms with Crippen LogP contribution >= 0.6 is 0 Å². The lowest BCUT2D eigenvalue weighted by atomic mass is 10.2. The highest BCUT2D eigenvalue weighted by atomic mass is 16.5. The van der Waals surface area contributed by atoms with E-state index < -0.39 is 0 Å². The summed E-state index contributed by atoms with van der Waals surface area (Å²) < 4.78 is 11.4. The van der Waals surface area contributed by atoms with Gasteiger partial charge in [0.15, 0.2) is 0 Å². The number of hydrogen-bond acceptors (Lipinski definition) is 7. The maximum Gasteiger partial charge on any atom is 0.119 e. The Kier molecular flexibility index (Phi) is 11.5. The van der Waals surface area contributed by atoms with Gasteiger partial charge in [0, 0.05) is 19.6 Å². The zero-order chi connectivity index (χ0) is 21.4. The molecule has 164 valence electrons. The van der Waals surface area contributed by atoms with Crippen LogP contribution < -0.4 is 9.47 Å². The standard InChI is InChI=1S/C23H33N3O4/c1-2-3-4-18-29-22-9-5-20(6-10-22)24-25-21-7-11-23(12-8-21)30-19-15-26(13-16-27)14-17-28/h5-12,27-28H,2-4,13-19H2,1H3. The predicted molar refractivity (Wildman–Crippen MR) is 118 cm³/mol. The molecule has 0 saturated heterocycles. The van der Waals surface area contributed by atoms with Crippen LogP contribution in [0.25, 0.3) is 0 Å². The van der Waals surface area contributed by atoms with Gasteiger partial charge in [-0.25, -0.2) is 0 Å². The van der Waals surface area contributed by atoms with E-state index in [-0.39, 0.29) is 13.2 Å². The topological polar surface area (TPSA) is 86.9 Å². The molecule has 0 amide bonds. The first-order valence-electron chi connectivity index (χ1n) is 10.6. The molecular weight excluding hydrogens is 382 g/mol. The first kappa shape index (κ1) is 23.8. The normalized spacial score (nSPS) is 11.3. The SMILES string of the molecule is CCCCCOc1ccc(N=Nc2ccc(OCCN(CCO)CCO)cc2)cc1. The van der Waals surface area contributed by atoms with E-state index in [9.17, 15) is 0 Å².